The lowest BCUT2D eigenvalue weighted by atomic mass is 9.88. The molecule has 5 rings (SSSR count). The summed E-state index contributed by atoms with van der Waals surface area (Å²) in [5.41, 5.74) is 2.28. The Hall–Kier alpha value is -1.65. The van der Waals surface area contributed by atoms with E-state index in [1.165, 1.54) is 31.0 Å². The minimum absolute atomic E-state index is 0.170. The van der Waals surface area contributed by atoms with Gasteiger partial charge < -0.3 is 24.2 Å². The van der Waals surface area contributed by atoms with E-state index < -0.39 is 0 Å². The molecule has 3 aliphatic rings. The number of pyridine rings is 1. The number of alkyl halides is 1. The van der Waals surface area contributed by atoms with Crippen LogP contribution in [-0.2, 0) is 9.47 Å². The maximum atomic E-state index is 14.2. The molecule has 4 heterocycles. The van der Waals surface area contributed by atoms with E-state index in [1.807, 2.05) is 12.3 Å². The van der Waals surface area contributed by atoms with Crippen LogP contribution in [0.4, 0.5) is 21.6 Å². The summed E-state index contributed by atoms with van der Waals surface area (Å²) in [7, 11) is 0. The van der Waals surface area contributed by atoms with E-state index in [1.54, 1.807) is 6.07 Å². The van der Waals surface area contributed by atoms with Gasteiger partial charge >= 0.3 is 0 Å². The summed E-state index contributed by atoms with van der Waals surface area (Å²) in [6.07, 6.45) is 9.04. The first-order valence-corrected chi connectivity index (χ1v) is 15.5. The fourth-order valence-electron chi connectivity index (χ4n) is 6.41. The number of hydrogen-bond acceptors (Lipinski definition) is 6. The first-order chi connectivity index (χ1) is 18.2. The molecule has 0 bridgehead atoms. The highest BCUT2D eigenvalue weighted by molar-refractivity contribution is 14.1. The SMILES string of the molecule is Fc1cccc(N2CCC[C@H]3[C@@H]2[C@@H](CCOCCOCCI)CN3c2cc(N3CCCCC3)ccn2)c1. The quantitative estimate of drug-likeness (QED) is 0.186. The van der Waals surface area contributed by atoms with Crippen molar-refractivity contribution in [2.24, 2.45) is 5.92 Å². The molecule has 1 aromatic carbocycles. The van der Waals surface area contributed by atoms with Gasteiger partial charge in [0.05, 0.1) is 31.9 Å². The van der Waals surface area contributed by atoms with Crippen molar-refractivity contribution in [3.05, 3.63) is 48.4 Å². The average molecular weight is 623 g/mol. The summed E-state index contributed by atoms with van der Waals surface area (Å²) in [5, 5.41) is 0. The maximum Gasteiger partial charge on any atom is 0.130 e. The van der Waals surface area contributed by atoms with Crippen LogP contribution in [-0.4, -0.2) is 74.1 Å². The summed E-state index contributed by atoms with van der Waals surface area (Å²) in [4.78, 5) is 12.4. The van der Waals surface area contributed by atoms with Gasteiger partial charge in [0.15, 0.2) is 0 Å². The summed E-state index contributed by atoms with van der Waals surface area (Å²) >= 11 is 2.32. The van der Waals surface area contributed by atoms with Gasteiger partial charge in [-0.15, -0.1) is 0 Å². The lowest BCUT2D eigenvalue weighted by Crippen LogP contribution is -2.52. The molecule has 3 aliphatic heterocycles. The highest BCUT2D eigenvalue weighted by atomic mass is 127. The summed E-state index contributed by atoms with van der Waals surface area (Å²) < 4.78 is 26.8. The number of rotatable bonds is 11. The second-order valence-corrected chi connectivity index (χ2v) is 11.5. The molecule has 3 atom stereocenters. The molecule has 0 spiro atoms. The molecule has 0 N–H and O–H groups in total. The van der Waals surface area contributed by atoms with Crippen LogP contribution in [0.3, 0.4) is 0 Å². The number of benzene rings is 1. The highest BCUT2D eigenvalue weighted by Gasteiger charge is 2.47. The third kappa shape index (κ3) is 6.68. The number of ether oxygens (including phenoxy) is 2. The number of hydrogen-bond donors (Lipinski definition) is 0. The number of piperidine rings is 2. The predicted molar refractivity (Wildman–Crippen MR) is 157 cm³/mol. The van der Waals surface area contributed by atoms with Gasteiger partial charge in [-0.1, -0.05) is 28.7 Å². The van der Waals surface area contributed by atoms with Crippen LogP contribution in [0.25, 0.3) is 0 Å². The van der Waals surface area contributed by atoms with Crippen molar-refractivity contribution in [2.45, 2.75) is 50.6 Å². The normalized spacial score (nSPS) is 23.9. The fourth-order valence-corrected chi connectivity index (χ4v) is 6.72. The first-order valence-electron chi connectivity index (χ1n) is 14.0. The van der Waals surface area contributed by atoms with Gasteiger partial charge in [-0.3, -0.25) is 0 Å². The molecule has 1 aromatic heterocycles. The molecule has 3 fully saturated rings. The van der Waals surface area contributed by atoms with E-state index in [0.29, 0.717) is 37.8 Å². The van der Waals surface area contributed by atoms with Crippen LogP contribution in [0.5, 0.6) is 0 Å². The minimum atomic E-state index is -0.170. The van der Waals surface area contributed by atoms with Gasteiger partial charge in [0.1, 0.15) is 11.6 Å². The average Bonchev–Trinajstić information content (AvgIpc) is 3.32. The van der Waals surface area contributed by atoms with Crippen LogP contribution in [0.1, 0.15) is 38.5 Å². The zero-order valence-corrected chi connectivity index (χ0v) is 23.9. The number of aromatic nitrogens is 1. The standard InChI is InChI=1S/C29H40FIN4O2/c30-24-6-4-7-26(20-24)34-15-5-8-27-29(34)23(10-16-36-18-19-37-17-11-31)22-35(27)28-21-25(9-12-32-28)33-13-2-1-3-14-33/h4,6-7,9,12,20-21,23,27,29H,1-3,5,8,10-11,13-19,22H2/t23-,27-,29-/m0/s1. The van der Waals surface area contributed by atoms with Crippen molar-refractivity contribution >= 4 is 39.8 Å². The van der Waals surface area contributed by atoms with Crippen LogP contribution in [0.15, 0.2) is 42.6 Å². The van der Waals surface area contributed by atoms with Crippen molar-refractivity contribution < 1.29 is 13.9 Å². The Bertz CT molecular complexity index is 992. The van der Waals surface area contributed by atoms with Crippen molar-refractivity contribution in [3.63, 3.8) is 0 Å². The fraction of sp³-hybridized carbons (Fsp3) is 0.621. The third-order valence-corrected chi connectivity index (χ3v) is 8.52. The number of anilines is 3. The monoisotopic (exact) mass is 622 g/mol. The Balaban J connectivity index is 1.34. The van der Waals surface area contributed by atoms with Crippen LogP contribution in [0, 0.1) is 11.7 Å². The second kappa shape index (κ2) is 13.4. The van der Waals surface area contributed by atoms with Crippen LogP contribution < -0.4 is 14.7 Å². The Morgan fingerprint density at radius 2 is 1.73 bits per heavy atom. The molecule has 2 aromatic rings. The van der Waals surface area contributed by atoms with E-state index in [0.717, 1.165) is 68.0 Å². The summed E-state index contributed by atoms with van der Waals surface area (Å²) in [6.45, 7) is 6.94. The molecule has 0 aliphatic carbocycles. The summed E-state index contributed by atoms with van der Waals surface area (Å²) in [6, 6.07) is 12.2. The van der Waals surface area contributed by atoms with Gasteiger partial charge in [0.25, 0.3) is 0 Å². The number of nitrogens with zero attached hydrogens (tertiary/aromatic N) is 4. The molecular weight excluding hydrogens is 582 g/mol. The molecule has 202 valence electrons. The maximum absolute atomic E-state index is 14.2. The highest BCUT2D eigenvalue weighted by Crippen LogP contribution is 2.41. The second-order valence-electron chi connectivity index (χ2n) is 10.4. The smallest absolute Gasteiger partial charge is 0.130 e. The van der Waals surface area contributed by atoms with E-state index in [-0.39, 0.29) is 5.82 Å². The summed E-state index contributed by atoms with van der Waals surface area (Å²) in [5.74, 6) is 1.33. The molecule has 0 amide bonds. The molecule has 8 heteroatoms. The number of fused-ring (bicyclic) bond motifs is 1. The lowest BCUT2D eigenvalue weighted by Gasteiger charge is -2.43. The number of halogens is 2. The minimum Gasteiger partial charge on any atom is -0.379 e. The molecule has 0 radical (unpaired) electrons. The lowest BCUT2D eigenvalue weighted by molar-refractivity contribution is 0.0486. The Kier molecular flexibility index (Phi) is 9.77. The van der Waals surface area contributed by atoms with E-state index in [9.17, 15) is 4.39 Å². The molecule has 37 heavy (non-hydrogen) atoms. The van der Waals surface area contributed by atoms with Gasteiger partial charge in [0, 0.05) is 66.8 Å². The predicted octanol–water partition coefficient (Wildman–Crippen LogP) is 5.54. The first kappa shape index (κ1) is 26.9. The van der Waals surface area contributed by atoms with Crippen LogP contribution in [0.2, 0.25) is 0 Å². The largest absolute Gasteiger partial charge is 0.379 e. The molecule has 0 saturated carbocycles. The van der Waals surface area contributed by atoms with Gasteiger partial charge in [-0.2, -0.15) is 0 Å². The zero-order chi connectivity index (χ0) is 25.5. The zero-order valence-electron chi connectivity index (χ0n) is 21.7. The Morgan fingerprint density at radius 3 is 2.54 bits per heavy atom. The van der Waals surface area contributed by atoms with E-state index in [2.05, 4.69) is 55.5 Å². The van der Waals surface area contributed by atoms with Gasteiger partial charge in [0.2, 0.25) is 0 Å². The van der Waals surface area contributed by atoms with E-state index >= 15 is 0 Å². The van der Waals surface area contributed by atoms with Crippen molar-refractivity contribution in [1.29, 1.82) is 0 Å². The molecule has 6 nitrogen and oxygen atoms in total. The molecule has 3 saturated heterocycles. The Labute approximate surface area is 234 Å². The van der Waals surface area contributed by atoms with Crippen molar-refractivity contribution in [3.8, 4) is 0 Å². The topological polar surface area (TPSA) is 41.1 Å². The van der Waals surface area contributed by atoms with Crippen molar-refractivity contribution in [1.82, 2.24) is 4.98 Å². The van der Waals surface area contributed by atoms with Gasteiger partial charge in [-0.05, 0) is 62.8 Å². The Morgan fingerprint density at radius 1 is 0.892 bits per heavy atom. The third-order valence-electron chi connectivity index (χ3n) is 8.08. The van der Waals surface area contributed by atoms with E-state index in [4.69, 9.17) is 14.5 Å². The van der Waals surface area contributed by atoms with Crippen LogP contribution >= 0.6 is 22.6 Å². The molecule has 0 unspecified atom stereocenters. The van der Waals surface area contributed by atoms with Crippen molar-refractivity contribution in [2.75, 3.05) is 71.7 Å². The van der Waals surface area contributed by atoms with Gasteiger partial charge in [-0.25, -0.2) is 9.37 Å². The molecular formula is C29H40FIN4O2.